The number of amides is 2. The molecule has 2 amide bonds. The summed E-state index contributed by atoms with van der Waals surface area (Å²) in [5.74, 6) is -2.76. The van der Waals surface area contributed by atoms with Crippen LogP contribution in [0.5, 0.6) is 0 Å². The number of fused-ring (bicyclic) bond motifs is 1. The molecule has 1 aromatic carbocycles. The van der Waals surface area contributed by atoms with Crippen LogP contribution in [0.1, 0.15) is 30.1 Å². The summed E-state index contributed by atoms with van der Waals surface area (Å²) in [6.45, 7) is 5.25. The molecular weight excluding hydrogens is 439 g/mol. The van der Waals surface area contributed by atoms with E-state index in [1.807, 2.05) is 11.1 Å². The van der Waals surface area contributed by atoms with Crippen LogP contribution in [0.2, 0.25) is 0 Å². The summed E-state index contributed by atoms with van der Waals surface area (Å²) in [6.07, 6.45) is 0.0635. The molecule has 1 saturated heterocycles. The fraction of sp³-hybridized carbons (Fsp3) is 0.500. The predicted octanol–water partition coefficient (Wildman–Crippen LogP) is 2.92. The van der Waals surface area contributed by atoms with Crippen molar-refractivity contribution in [3.8, 4) is 0 Å². The standard InChI is InChI=1S/C20H27N5O.C2HF3O2/c26-20(24-11-4-5-12-24)21-14-19-16-23(15-18-8-10-22-25(18)19)13-9-17-6-2-1-3-7-17;3-2(4,5)1(6)7/h1-3,6-8,10,19H,4-5,9,11-16H2,(H,21,26);(H,6,7). The third-order valence-corrected chi connectivity index (χ3v) is 5.64. The average molecular weight is 467 g/mol. The number of carbonyl (C=O) groups is 2. The van der Waals surface area contributed by atoms with Gasteiger partial charge in [-0.3, -0.25) is 9.58 Å². The van der Waals surface area contributed by atoms with Crippen molar-refractivity contribution in [3.05, 3.63) is 53.9 Å². The van der Waals surface area contributed by atoms with Gasteiger partial charge in [0.05, 0.1) is 11.7 Å². The van der Waals surface area contributed by atoms with Gasteiger partial charge in [0, 0.05) is 45.5 Å². The first-order valence-corrected chi connectivity index (χ1v) is 10.9. The van der Waals surface area contributed by atoms with Gasteiger partial charge in [0.1, 0.15) is 0 Å². The summed E-state index contributed by atoms with van der Waals surface area (Å²) in [6, 6.07) is 13.0. The second kappa shape index (κ2) is 11.2. The van der Waals surface area contributed by atoms with E-state index in [9.17, 15) is 18.0 Å². The number of nitrogens with one attached hydrogen (secondary N) is 1. The zero-order chi connectivity index (χ0) is 23.8. The fourth-order valence-electron chi connectivity index (χ4n) is 3.96. The maximum absolute atomic E-state index is 12.3. The number of hydrogen-bond donors (Lipinski definition) is 2. The molecule has 2 aliphatic heterocycles. The van der Waals surface area contributed by atoms with Crippen LogP contribution < -0.4 is 5.32 Å². The summed E-state index contributed by atoms with van der Waals surface area (Å²) < 4.78 is 33.8. The smallest absolute Gasteiger partial charge is 0.475 e. The van der Waals surface area contributed by atoms with Crippen LogP contribution in [-0.4, -0.2) is 75.6 Å². The Morgan fingerprint density at radius 2 is 1.79 bits per heavy atom. The number of carboxylic acid groups (broad SMARTS) is 1. The first-order valence-electron chi connectivity index (χ1n) is 10.9. The summed E-state index contributed by atoms with van der Waals surface area (Å²) >= 11 is 0. The molecule has 0 radical (unpaired) electrons. The van der Waals surface area contributed by atoms with Gasteiger partial charge in [-0.05, 0) is 30.9 Å². The Bertz CT molecular complexity index is 914. The molecule has 1 unspecified atom stereocenters. The molecule has 1 fully saturated rings. The topological polar surface area (TPSA) is 90.7 Å². The molecule has 33 heavy (non-hydrogen) atoms. The van der Waals surface area contributed by atoms with Crippen molar-refractivity contribution in [2.75, 3.05) is 32.7 Å². The molecule has 2 N–H and O–H groups in total. The van der Waals surface area contributed by atoms with Gasteiger partial charge in [0.2, 0.25) is 0 Å². The zero-order valence-corrected chi connectivity index (χ0v) is 18.2. The van der Waals surface area contributed by atoms with Gasteiger partial charge < -0.3 is 15.3 Å². The molecule has 0 aliphatic carbocycles. The Labute approximate surface area is 190 Å². The Morgan fingerprint density at radius 1 is 1.12 bits per heavy atom. The van der Waals surface area contributed by atoms with Crippen molar-refractivity contribution in [3.63, 3.8) is 0 Å². The van der Waals surface area contributed by atoms with Crippen molar-refractivity contribution in [2.45, 2.75) is 38.0 Å². The molecule has 0 spiro atoms. The maximum atomic E-state index is 12.3. The molecule has 11 heteroatoms. The van der Waals surface area contributed by atoms with E-state index in [1.54, 1.807) is 0 Å². The van der Waals surface area contributed by atoms with E-state index in [-0.39, 0.29) is 12.1 Å². The van der Waals surface area contributed by atoms with E-state index in [0.29, 0.717) is 6.54 Å². The number of halogens is 3. The number of carboxylic acids is 1. The quantitative estimate of drug-likeness (QED) is 0.706. The number of rotatable bonds is 5. The van der Waals surface area contributed by atoms with Crippen LogP contribution in [0.4, 0.5) is 18.0 Å². The average Bonchev–Trinajstić information content (AvgIpc) is 3.48. The van der Waals surface area contributed by atoms with Crippen molar-refractivity contribution < 1.29 is 27.9 Å². The van der Waals surface area contributed by atoms with Gasteiger partial charge in [0.25, 0.3) is 0 Å². The summed E-state index contributed by atoms with van der Waals surface area (Å²) in [5.41, 5.74) is 2.59. The predicted molar refractivity (Wildman–Crippen MR) is 115 cm³/mol. The number of hydrogen-bond acceptors (Lipinski definition) is 4. The van der Waals surface area contributed by atoms with Gasteiger partial charge in [-0.25, -0.2) is 9.59 Å². The van der Waals surface area contributed by atoms with Crippen LogP contribution >= 0.6 is 0 Å². The molecular formula is C22H28F3N5O3. The molecule has 180 valence electrons. The van der Waals surface area contributed by atoms with Crippen molar-refractivity contribution in [2.24, 2.45) is 0 Å². The number of carbonyl (C=O) groups excluding carboxylic acids is 1. The lowest BCUT2D eigenvalue weighted by Crippen LogP contribution is -2.46. The Morgan fingerprint density at radius 3 is 2.42 bits per heavy atom. The minimum atomic E-state index is -5.08. The summed E-state index contributed by atoms with van der Waals surface area (Å²) in [7, 11) is 0. The minimum Gasteiger partial charge on any atom is -0.475 e. The summed E-state index contributed by atoms with van der Waals surface area (Å²) in [4.78, 5) is 25.6. The molecule has 8 nitrogen and oxygen atoms in total. The highest BCUT2D eigenvalue weighted by Gasteiger charge is 2.38. The van der Waals surface area contributed by atoms with Gasteiger partial charge in [-0.15, -0.1) is 0 Å². The highest BCUT2D eigenvalue weighted by atomic mass is 19.4. The van der Waals surface area contributed by atoms with Gasteiger partial charge in [-0.2, -0.15) is 18.3 Å². The van der Waals surface area contributed by atoms with Crippen molar-refractivity contribution in [1.82, 2.24) is 24.9 Å². The lowest BCUT2D eigenvalue weighted by atomic mass is 10.1. The Balaban J connectivity index is 0.000000383. The fourth-order valence-corrected chi connectivity index (χ4v) is 3.96. The molecule has 2 aromatic rings. The van der Waals surface area contributed by atoms with Crippen LogP contribution in [0, 0.1) is 0 Å². The SMILES string of the molecule is O=C(NCC1CN(CCc2ccccc2)Cc2ccnn21)N1CCCC1.O=C(O)C(F)(F)F. The van der Waals surface area contributed by atoms with Crippen molar-refractivity contribution in [1.29, 1.82) is 0 Å². The Kier molecular flexibility index (Phi) is 8.32. The molecule has 2 aliphatic rings. The maximum Gasteiger partial charge on any atom is 0.490 e. The molecule has 0 saturated carbocycles. The van der Waals surface area contributed by atoms with Crippen LogP contribution in [0.3, 0.4) is 0 Å². The third kappa shape index (κ3) is 7.21. The van der Waals surface area contributed by atoms with E-state index >= 15 is 0 Å². The third-order valence-electron chi connectivity index (χ3n) is 5.64. The molecule has 4 rings (SSSR count). The van der Waals surface area contributed by atoms with E-state index in [4.69, 9.17) is 9.90 Å². The number of urea groups is 1. The van der Waals surface area contributed by atoms with E-state index in [0.717, 1.165) is 52.0 Å². The number of aromatic nitrogens is 2. The molecule has 1 aromatic heterocycles. The van der Waals surface area contributed by atoms with Gasteiger partial charge >= 0.3 is 18.2 Å². The van der Waals surface area contributed by atoms with E-state index in [2.05, 4.69) is 56.4 Å². The Hall–Kier alpha value is -3.08. The molecule has 0 bridgehead atoms. The largest absolute Gasteiger partial charge is 0.490 e. The first kappa shape index (κ1) is 24.6. The zero-order valence-electron chi connectivity index (χ0n) is 18.2. The van der Waals surface area contributed by atoms with Crippen LogP contribution in [0.25, 0.3) is 0 Å². The second-order valence-electron chi connectivity index (χ2n) is 8.07. The number of benzene rings is 1. The lowest BCUT2D eigenvalue weighted by Gasteiger charge is -2.34. The van der Waals surface area contributed by atoms with Crippen molar-refractivity contribution >= 4 is 12.0 Å². The van der Waals surface area contributed by atoms with Crippen LogP contribution in [-0.2, 0) is 17.8 Å². The number of nitrogens with zero attached hydrogens (tertiary/aromatic N) is 4. The number of alkyl halides is 3. The highest BCUT2D eigenvalue weighted by Crippen LogP contribution is 2.20. The molecule has 3 heterocycles. The van der Waals surface area contributed by atoms with Crippen LogP contribution in [0.15, 0.2) is 42.6 Å². The minimum absolute atomic E-state index is 0.0672. The second-order valence-corrected chi connectivity index (χ2v) is 8.07. The number of aliphatic carboxylic acids is 1. The monoisotopic (exact) mass is 467 g/mol. The highest BCUT2D eigenvalue weighted by molar-refractivity contribution is 5.74. The van der Waals surface area contributed by atoms with Gasteiger partial charge in [-0.1, -0.05) is 30.3 Å². The summed E-state index contributed by atoms with van der Waals surface area (Å²) in [5, 5.41) is 14.7. The number of likely N-dealkylation sites (tertiary alicyclic amines) is 1. The van der Waals surface area contributed by atoms with E-state index < -0.39 is 12.1 Å². The van der Waals surface area contributed by atoms with E-state index in [1.165, 1.54) is 11.3 Å². The normalized spacial score (nSPS) is 18.3. The first-order chi connectivity index (χ1) is 15.7. The van der Waals surface area contributed by atoms with Gasteiger partial charge in [0.15, 0.2) is 0 Å². The lowest BCUT2D eigenvalue weighted by molar-refractivity contribution is -0.192. The molecule has 1 atom stereocenters.